The number of aromatic amines is 1. The van der Waals surface area contributed by atoms with Crippen LogP contribution < -0.4 is 0 Å². The van der Waals surface area contributed by atoms with Crippen LogP contribution in [0.5, 0.6) is 0 Å². The Hall–Kier alpha value is -3.62. The third kappa shape index (κ3) is 3.06. The Morgan fingerprint density at radius 3 is 2.58 bits per heavy atom. The zero-order valence-electron chi connectivity index (χ0n) is 18.7. The van der Waals surface area contributed by atoms with E-state index in [9.17, 15) is 4.79 Å². The molecule has 0 atom stereocenters. The van der Waals surface area contributed by atoms with Gasteiger partial charge in [0.05, 0.1) is 29.6 Å². The quantitative estimate of drug-likeness (QED) is 0.479. The summed E-state index contributed by atoms with van der Waals surface area (Å²) >= 11 is 0. The van der Waals surface area contributed by atoms with Gasteiger partial charge in [-0.1, -0.05) is 0 Å². The number of carbonyl (C=O) groups excluding carboxylic acids is 1. The Balaban J connectivity index is 1.45. The number of nitrogens with one attached hydrogen (secondary N) is 1. The third-order valence-corrected chi connectivity index (χ3v) is 7.65. The van der Waals surface area contributed by atoms with E-state index in [1.807, 2.05) is 31.3 Å². The van der Waals surface area contributed by atoms with E-state index in [0.29, 0.717) is 5.82 Å². The van der Waals surface area contributed by atoms with Gasteiger partial charge < -0.3 is 9.72 Å². The second-order valence-electron chi connectivity index (χ2n) is 9.33. The van der Waals surface area contributed by atoms with E-state index in [-0.39, 0.29) is 16.8 Å². The van der Waals surface area contributed by atoms with Gasteiger partial charge in [0.2, 0.25) is 0 Å². The smallest absolute Gasteiger partial charge is 0.311 e. The molecule has 4 heterocycles. The Labute approximate surface area is 190 Å². The lowest BCUT2D eigenvalue weighted by molar-refractivity contribution is -0.160. The minimum atomic E-state index is -0.323. The lowest BCUT2D eigenvalue weighted by Gasteiger charge is -2.50. The number of imidazole rings is 1. The standard InChI is InChI=1S/C24H25N7O2/c1-15-25-12-5-17(28-15)20-19(16-3-4-18-26-14-27-31(18)13-16)29-21(30-20)23-6-9-24(10-7-23,11-8-23)22(32)33-2/h3-5,12-14H,6-11H2,1-2H3,(H,29,30). The summed E-state index contributed by atoms with van der Waals surface area (Å²) < 4.78 is 6.89. The molecular weight excluding hydrogens is 418 g/mol. The molecular formula is C24H25N7O2. The van der Waals surface area contributed by atoms with Crippen molar-refractivity contribution in [1.29, 1.82) is 0 Å². The molecule has 0 radical (unpaired) electrons. The fraction of sp³-hybridized carbons (Fsp3) is 0.417. The predicted octanol–water partition coefficient (Wildman–Crippen LogP) is 3.65. The molecule has 3 aliphatic rings. The molecule has 4 aromatic heterocycles. The second-order valence-corrected chi connectivity index (χ2v) is 9.33. The number of ether oxygens (including phenoxy) is 1. The number of hydrogen-bond acceptors (Lipinski definition) is 7. The minimum Gasteiger partial charge on any atom is -0.469 e. The van der Waals surface area contributed by atoms with Gasteiger partial charge in [-0.15, -0.1) is 0 Å². The summed E-state index contributed by atoms with van der Waals surface area (Å²) in [4.78, 5) is 34.4. The van der Waals surface area contributed by atoms with Crippen molar-refractivity contribution in [3.05, 3.63) is 48.6 Å². The SMILES string of the molecule is COC(=O)C12CCC(c3nc(-c4ccc5ncnn5c4)c(-c4ccnc(C)n4)[nH]3)(CC1)CC2. The summed E-state index contributed by atoms with van der Waals surface area (Å²) in [6, 6.07) is 5.86. The van der Waals surface area contributed by atoms with Crippen molar-refractivity contribution in [3.63, 3.8) is 0 Å². The lowest BCUT2D eigenvalue weighted by atomic mass is 9.53. The van der Waals surface area contributed by atoms with Crippen LogP contribution >= 0.6 is 0 Å². The number of rotatable bonds is 4. The predicted molar refractivity (Wildman–Crippen MR) is 120 cm³/mol. The van der Waals surface area contributed by atoms with Crippen LogP contribution in [0.25, 0.3) is 28.3 Å². The number of methoxy groups -OCH3 is 1. The number of pyridine rings is 1. The molecule has 3 aliphatic carbocycles. The highest BCUT2D eigenvalue weighted by molar-refractivity contribution is 5.78. The molecule has 0 saturated heterocycles. The number of aryl methyl sites for hydroxylation is 1. The molecule has 2 bridgehead atoms. The van der Waals surface area contributed by atoms with Gasteiger partial charge in [0.15, 0.2) is 5.65 Å². The molecule has 1 N–H and O–H groups in total. The first-order chi connectivity index (χ1) is 16.0. The van der Waals surface area contributed by atoms with Crippen LogP contribution in [-0.4, -0.2) is 47.6 Å². The van der Waals surface area contributed by atoms with Gasteiger partial charge in [-0.3, -0.25) is 4.79 Å². The number of hydrogen-bond donors (Lipinski definition) is 1. The highest BCUT2D eigenvalue weighted by atomic mass is 16.5. The van der Waals surface area contributed by atoms with Gasteiger partial charge in [-0.2, -0.15) is 5.10 Å². The maximum atomic E-state index is 12.5. The van der Waals surface area contributed by atoms with Gasteiger partial charge >= 0.3 is 5.97 Å². The zero-order valence-corrected chi connectivity index (χ0v) is 18.7. The van der Waals surface area contributed by atoms with Crippen molar-refractivity contribution in [1.82, 2.24) is 34.5 Å². The van der Waals surface area contributed by atoms with Crippen LogP contribution in [0.15, 0.2) is 36.9 Å². The number of fused-ring (bicyclic) bond motifs is 4. The Kier molecular flexibility index (Phi) is 4.36. The van der Waals surface area contributed by atoms with Crippen molar-refractivity contribution >= 4 is 11.6 Å². The minimum absolute atomic E-state index is 0.0609. The summed E-state index contributed by atoms with van der Waals surface area (Å²) in [6.07, 6.45) is 10.5. The van der Waals surface area contributed by atoms with Gasteiger partial charge in [0, 0.05) is 23.4 Å². The highest BCUT2D eigenvalue weighted by Gasteiger charge is 2.55. The Morgan fingerprint density at radius 2 is 1.85 bits per heavy atom. The van der Waals surface area contributed by atoms with Crippen molar-refractivity contribution in [2.75, 3.05) is 7.11 Å². The molecule has 7 rings (SSSR count). The third-order valence-electron chi connectivity index (χ3n) is 7.65. The Bertz CT molecular complexity index is 1350. The average Bonchev–Trinajstić information content (AvgIpc) is 3.52. The van der Waals surface area contributed by atoms with Gasteiger partial charge in [-0.05, 0) is 63.6 Å². The molecule has 4 aromatic rings. The first kappa shape index (κ1) is 20.0. The van der Waals surface area contributed by atoms with E-state index in [1.54, 1.807) is 17.0 Å². The van der Waals surface area contributed by atoms with Gasteiger partial charge in [0.25, 0.3) is 0 Å². The van der Waals surface area contributed by atoms with Crippen molar-refractivity contribution < 1.29 is 9.53 Å². The largest absolute Gasteiger partial charge is 0.469 e. The molecule has 0 unspecified atom stereocenters. The van der Waals surface area contributed by atoms with Crippen LogP contribution in [0.3, 0.4) is 0 Å². The first-order valence-electron chi connectivity index (χ1n) is 11.3. The number of carbonyl (C=O) groups is 1. The number of H-pyrrole nitrogens is 1. The lowest BCUT2D eigenvalue weighted by Crippen LogP contribution is -2.48. The number of nitrogens with zero attached hydrogens (tertiary/aromatic N) is 6. The molecule has 33 heavy (non-hydrogen) atoms. The highest BCUT2D eigenvalue weighted by Crippen LogP contribution is 2.58. The summed E-state index contributed by atoms with van der Waals surface area (Å²) in [6.45, 7) is 1.88. The van der Waals surface area contributed by atoms with Crippen LogP contribution in [-0.2, 0) is 14.9 Å². The van der Waals surface area contributed by atoms with Crippen molar-refractivity contribution in [2.45, 2.75) is 50.9 Å². The molecule has 9 heteroatoms. The van der Waals surface area contributed by atoms with E-state index in [0.717, 1.165) is 72.6 Å². The average molecular weight is 444 g/mol. The first-order valence-corrected chi connectivity index (χ1v) is 11.3. The van der Waals surface area contributed by atoms with Crippen LogP contribution in [0.1, 0.15) is 50.2 Å². The van der Waals surface area contributed by atoms with Crippen molar-refractivity contribution in [2.24, 2.45) is 5.41 Å². The fourth-order valence-corrected chi connectivity index (χ4v) is 5.63. The summed E-state index contributed by atoms with van der Waals surface area (Å²) in [5, 5.41) is 4.28. The summed E-state index contributed by atoms with van der Waals surface area (Å²) in [5.74, 6) is 1.62. The van der Waals surface area contributed by atoms with E-state index in [4.69, 9.17) is 9.72 Å². The maximum Gasteiger partial charge on any atom is 0.311 e. The maximum absolute atomic E-state index is 12.5. The van der Waals surface area contributed by atoms with Crippen LogP contribution in [0, 0.1) is 12.3 Å². The topological polar surface area (TPSA) is 111 Å². The molecule has 9 nitrogen and oxygen atoms in total. The van der Waals surface area contributed by atoms with Crippen LogP contribution in [0.2, 0.25) is 0 Å². The summed E-state index contributed by atoms with van der Waals surface area (Å²) in [7, 11) is 1.49. The molecule has 0 amide bonds. The number of aromatic nitrogens is 7. The normalized spacial score (nSPS) is 24.3. The monoisotopic (exact) mass is 443 g/mol. The second kappa shape index (κ2) is 7.19. The zero-order chi connectivity index (χ0) is 22.6. The van der Waals surface area contributed by atoms with Crippen LogP contribution in [0.4, 0.5) is 0 Å². The van der Waals surface area contributed by atoms with E-state index in [1.165, 1.54) is 7.11 Å². The molecule has 3 fully saturated rings. The fourth-order valence-electron chi connectivity index (χ4n) is 5.63. The molecule has 0 spiro atoms. The van der Waals surface area contributed by atoms with E-state index >= 15 is 0 Å². The molecule has 0 aliphatic heterocycles. The molecule has 3 saturated carbocycles. The molecule has 0 aromatic carbocycles. The van der Waals surface area contributed by atoms with Gasteiger partial charge in [0.1, 0.15) is 18.0 Å². The van der Waals surface area contributed by atoms with E-state index in [2.05, 4.69) is 25.0 Å². The summed E-state index contributed by atoms with van der Waals surface area (Å²) in [5.41, 5.74) is 3.85. The van der Waals surface area contributed by atoms with Crippen molar-refractivity contribution in [3.8, 4) is 22.6 Å². The van der Waals surface area contributed by atoms with E-state index < -0.39 is 0 Å². The van der Waals surface area contributed by atoms with Gasteiger partial charge in [-0.25, -0.2) is 24.5 Å². The number of esters is 1. The Morgan fingerprint density at radius 1 is 1.06 bits per heavy atom. The molecule has 168 valence electrons.